The molecule has 2 heterocycles. The van der Waals surface area contributed by atoms with E-state index in [2.05, 4.69) is 32.0 Å². The molecule has 7 heteroatoms. The fourth-order valence-corrected chi connectivity index (χ4v) is 5.75. The molecule has 3 aromatic rings. The number of rotatable bonds is 9. The minimum absolute atomic E-state index is 0.0878. The number of thioether (sulfide) groups is 1. The van der Waals surface area contributed by atoms with E-state index in [-0.39, 0.29) is 12.0 Å². The molecule has 170 valence electrons. The monoisotopic (exact) mass is 470 g/mol. The highest BCUT2D eigenvalue weighted by molar-refractivity contribution is 7.99. The van der Waals surface area contributed by atoms with E-state index in [1.54, 1.807) is 30.2 Å². The van der Waals surface area contributed by atoms with Crippen LogP contribution in [0.5, 0.6) is 5.75 Å². The first-order valence-corrected chi connectivity index (χ1v) is 12.9. The normalized spacial score (nSPS) is 16.1. The summed E-state index contributed by atoms with van der Waals surface area (Å²) in [6.45, 7) is 5.71. The molecule has 0 N–H and O–H groups in total. The molecule has 1 aliphatic rings. The lowest BCUT2D eigenvalue weighted by molar-refractivity contribution is -0.118. The number of carbonyl (C=O) groups is 1. The Morgan fingerprint density at radius 1 is 1.28 bits per heavy atom. The minimum Gasteiger partial charge on any atom is -0.497 e. The molecule has 4 rings (SSSR count). The molecule has 0 spiro atoms. The zero-order valence-electron chi connectivity index (χ0n) is 18.9. The van der Waals surface area contributed by atoms with Crippen LogP contribution < -0.4 is 9.64 Å². The second kappa shape index (κ2) is 10.7. The van der Waals surface area contributed by atoms with Gasteiger partial charge in [-0.3, -0.25) is 9.69 Å². The van der Waals surface area contributed by atoms with Crippen LogP contribution in [0.4, 0.5) is 5.13 Å². The van der Waals surface area contributed by atoms with Crippen molar-refractivity contribution >= 4 is 44.4 Å². The van der Waals surface area contributed by atoms with Crippen molar-refractivity contribution in [1.29, 1.82) is 0 Å². The number of nitrogens with zero attached hydrogens (tertiary/aromatic N) is 2. The Balaban J connectivity index is 1.50. The number of ether oxygens (including phenoxy) is 2. The molecule has 1 saturated heterocycles. The number of hydrogen-bond donors (Lipinski definition) is 0. The summed E-state index contributed by atoms with van der Waals surface area (Å²) in [6, 6.07) is 14.3. The molecular weight excluding hydrogens is 440 g/mol. The molecule has 0 aliphatic carbocycles. The Labute approximate surface area is 198 Å². The van der Waals surface area contributed by atoms with E-state index in [0.717, 1.165) is 51.2 Å². The number of anilines is 1. The summed E-state index contributed by atoms with van der Waals surface area (Å²) in [5, 5.41) is 0.781. The molecule has 0 saturated carbocycles. The highest BCUT2D eigenvalue weighted by Crippen LogP contribution is 2.34. The summed E-state index contributed by atoms with van der Waals surface area (Å²) >= 11 is 3.28. The third-order valence-corrected chi connectivity index (χ3v) is 7.70. The van der Waals surface area contributed by atoms with Gasteiger partial charge in [0.25, 0.3) is 0 Å². The number of aromatic nitrogens is 1. The third-order valence-electron chi connectivity index (χ3n) is 5.65. The first-order chi connectivity index (χ1) is 15.5. The maximum atomic E-state index is 13.3. The summed E-state index contributed by atoms with van der Waals surface area (Å²) in [5.41, 5.74) is 2.24. The number of para-hydroxylation sites is 1. The van der Waals surface area contributed by atoms with Crippen LogP contribution in [0, 0.1) is 0 Å². The van der Waals surface area contributed by atoms with Crippen molar-refractivity contribution in [2.45, 2.75) is 50.0 Å². The average molecular weight is 471 g/mol. The van der Waals surface area contributed by atoms with E-state index < -0.39 is 0 Å². The van der Waals surface area contributed by atoms with Crippen molar-refractivity contribution in [3.8, 4) is 5.75 Å². The number of benzene rings is 2. The molecule has 1 amide bonds. The van der Waals surface area contributed by atoms with Crippen LogP contribution >= 0.6 is 23.1 Å². The first kappa shape index (κ1) is 23.1. The van der Waals surface area contributed by atoms with Crippen LogP contribution in [0.15, 0.2) is 47.4 Å². The molecule has 1 atom stereocenters. The predicted molar refractivity (Wildman–Crippen MR) is 133 cm³/mol. The van der Waals surface area contributed by atoms with Gasteiger partial charge in [0.05, 0.1) is 30.0 Å². The summed E-state index contributed by atoms with van der Waals surface area (Å²) in [5.74, 6) is 2.04. The number of methoxy groups -OCH3 is 1. The van der Waals surface area contributed by atoms with Gasteiger partial charge < -0.3 is 9.47 Å². The van der Waals surface area contributed by atoms with E-state index in [1.165, 1.54) is 5.56 Å². The lowest BCUT2D eigenvalue weighted by Crippen LogP contribution is -2.37. The van der Waals surface area contributed by atoms with Crippen molar-refractivity contribution in [3.63, 3.8) is 0 Å². The van der Waals surface area contributed by atoms with Crippen LogP contribution in [0.25, 0.3) is 10.2 Å². The van der Waals surface area contributed by atoms with Gasteiger partial charge in [-0.15, -0.1) is 11.8 Å². The minimum atomic E-state index is 0.0878. The fraction of sp³-hybridized carbons (Fsp3) is 0.440. The van der Waals surface area contributed by atoms with Crippen molar-refractivity contribution in [3.05, 3.63) is 48.0 Å². The van der Waals surface area contributed by atoms with Crippen LogP contribution in [0.3, 0.4) is 0 Å². The van der Waals surface area contributed by atoms with Crippen LogP contribution in [-0.2, 0) is 9.53 Å². The quantitative estimate of drug-likeness (QED) is 0.353. The maximum absolute atomic E-state index is 13.3. The second-order valence-electron chi connectivity index (χ2n) is 8.26. The van der Waals surface area contributed by atoms with Crippen molar-refractivity contribution in [2.24, 2.45) is 0 Å². The SMILES string of the molecule is COc1ccc(SCCC(=O)N(CC2CCCO2)c2nc3c(C(C)C)cccc3s2)cc1. The summed E-state index contributed by atoms with van der Waals surface area (Å²) in [4.78, 5) is 21.2. The van der Waals surface area contributed by atoms with Crippen molar-refractivity contribution in [1.82, 2.24) is 4.98 Å². The first-order valence-electron chi connectivity index (χ1n) is 11.1. The molecule has 0 bridgehead atoms. The lowest BCUT2D eigenvalue weighted by atomic mass is 10.0. The topological polar surface area (TPSA) is 51.7 Å². The van der Waals surface area contributed by atoms with Gasteiger partial charge >= 0.3 is 0 Å². The lowest BCUT2D eigenvalue weighted by Gasteiger charge is -2.23. The molecule has 1 aliphatic heterocycles. The van der Waals surface area contributed by atoms with E-state index in [1.807, 2.05) is 29.2 Å². The predicted octanol–water partition coefficient (Wildman–Crippen LogP) is 6.12. The van der Waals surface area contributed by atoms with Gasteiger partial charge in [0.15, 0.2) is 5.13 Å². The summed E-state index contributed by atoms with van der Waals surface area (Å²) in [7, 11) is 1.66. The van der Waals surface area contributed by atoms with E-state index in [0.29, 0.717) is 18.9 Å². The molecule has 0 radical (unpaired) electrons. The Morgan fingerprint density at radius 3 is 2.78 bits per heavy atom. The molecular formula is C25H30N2O3S2. The average Bonchev–Trinajstić information content (AvgIpc) is 3.47. The Bertz CT molecular complexity index is 1040. The van der Waals surface area contributed by atoms with Gasteiger partial charge in [-0.25, -0.2) is 4.98 Å². The van der Waals surface area contributed by atoms with Crippen molar-refractivity contribution in [2.75, 3.05) is 30.9 Å². The van der Waals surface area contributed by atoms with E-state index >= 15 is 0 Å². The van der Waals surface area contributed by atoms with Gasteiger partial charge in [0.1, 0.15) is 5.75 Å². The number of thiazole rings is 1. The Morgan fingerprint density at radius 2 is 2.09 bits per heavy atom. The number of amides is 1. The van der Waals surface area contributed by atoms with Gasteiger partial charge in [-0.1, -0.05) is 37.3 Å². The number of carbonyl (C=O) groups excluding carboxylic acids is 1. The number of fused-ring (bicyclic) bond motifs is 1. The number of hydrogen-bond acceptors (Lipinski definition) is 6. The highest BCUT2D eigenvalue weighted by Gasteiger charge is 2.26. The molecule has 5 nitrogen and oxygen atoms in total. The maximum Gasteiger partial charge on any atom is 0.229 e. The zero-order chi connectivity index (χ0) is 22.5. The molecule has 2 aromatic carbocycles. The van der Waals surface area contributed by atoms with Crippen LogP contribution in [0.1, 0.15) is 44.6 Å². The molecule has 1 aromatic heterocycles. The summed E-state index contributed by atoms with van der Waals surface area (Å²) < 4.78 is 12.2. The molecule has 32 heavy (non-hydrogen) atoms. The van der Waals surface area contributed by atoms with Gasteiger partial charge in [-0.05, 0) is 54.7 Å². The smallest absolute Gasteiger partial charge is 0.229 e. The van der Waals surface area contributed by atoms with Gasteiger partial charge in [0, 0.05) is 23.7 Å². The van der Waals surface area contributed by atoms with Crippen LogP contribution in [0.2, 0.25) is 0 Å². The third kappa shape index (κ3) is 5.45. The molecule has 1 unspecified atom stereocenters. The highest BCUT2D eigenvalue weighted by atomic mass is 32.2. The standard InChI is InChI=1S/C25H30N2O3S2/c1-17(2)21-7-4-8-22-24(21)26-25(32-22)27(16-19-6-5-14-30-19)23(28)13-15-31-20-11-9-18(29-3)10-12-20/h4,7-12,17,19H,5-6,13-16H2,1-3H3. The zero-order valence-corrected chi connectivity index (χ0v) is 20.5. The molecule has 1 fully saturated rings. The largest absolute Gasteiger partial charge is 0.497 e. The van der Waals surface area contributed by atoms with Gasteiger partial charge in [-0.2, -0.15) is 0 Å². The summed E-state index contributed by atoms with van der Waals surface area (Å²) in [6.07, 6.45) is 2.59. The van der Waals surface area contributed by atoms with Crippen molar-refractivity contribution < 1.29 is 14.3 Å². The van der Waals surface area contributed by atoms with E-state index in [9.17, 15) is 4.79 Å². The Kier molecular flexibility index (Phi) is 7.71. The van der Waals surface area contributed by atoms with E-state index in [4.69, 9.17) is 14.5 Å². The fourth-order valence-electron chi connectivity index (χ4n) is 3.88. The Hall–Kier alpha value is -2.09. The van der Waals surface area contributed by atoms with Crippen LogP contribution in [-0.4, -0.2) is 43.0 Å². The van der Waals surface area contributed by atoms with Gasteiger partial charge in [0.2, 0.25) is 5.91 Å². The second-order valence-corrected chi connectivity index (χ2v) is 10.4.